The molecule has 87 heavy (non-hydrogen) atoms. The molecule has 0 aromatic heterocycles. The number of phenolic OH excluding ortho intramolecular Hbond substituents is 2. The van der Waals surface area contributed by atoms with E-state index in [1.165, 1.54) is 14.0 Å². The summed E-state index contributed by atoms with van der Waals surface area (Å²) in [7, 11) is 1.24. The van der Waals surface area contributed by atoms with Crippen LogP contribution in [0.25, 0.3) is 10.8 Å². The molecule has 5 saturated heterocycles. The first kappa shape index (κ1) is 69.2. The number of fused-ring (bicyclic) bond motifs is 2. The van der Waals surface area contributed by atoms with Crippen molar-refractivity contribution in [3.05, 3.63) is 28.8 Å². The number of phenols is 2. The van der Waals surface area contributed by atoms with Crippen LogP contribution >= 0.6 is 0 Å². The fourth-order valence-corrected chi connectivity index (χ4v) is 13.3. The molecule has 5 fully saturated rings. The lowest BCUT2D eigenvalue weighted by atomic mass is 9.75. The molecule has 7 N–H and O–H groups in total. The van der Waals surface area contributed by atoms with Crippen molar-refractivity contribution in [2.24, 2.45) is 23.7 Å². The highest BCUT2D eigenvalue weighted by molar-refractivity contribution is 6.11. The Bertz CT molecular complexity index is 2620. The van der Waals surface area contributed by atoms with Crippen LogP contribution in [-0.4, -0.2) is 189 Å². The third-order valence-electron chi connectivity index (χ3n) is 19.7. The molecule has 8 rings (SSSR count). The van der Waals surface area contributed by atoms with E-state index < -0.39 is 133 Å². The highest BCUT2D eigenvalue weighted by Gasteiger charge is 2.51. The summed E-state index contributed by atoms with van der Waals surface area (Å²) in [5.74, 6) is -4.59. The first-order valence-electron chi connectivity index (χ1n) is 31.9. The van der Waals surface area contributed by atoms with Gasteiger partial charge in [0.05, 0.1) is 71.5 Å². The topological polar surface area (TPSA) is 304 Å². The number of carbonyl (C=O) groups is 3. The van der Waals surface area contributed by atoms with Gasteiger partial charge in [0.25, 0.3) is 0 Å². The molecule has 22 heteroatoms. The maximum absolute atomic E-state index is 15.4. The summed E-state index contributed by atoms with van der Waals surface area (Å²) >= 11 is 0. The Balaban J connectivity index is 1.05. The van der Waals surface area contributed by atoms with Gasteiger partial charge < -0.3 is 92.6 Å². The number of aliphatic hydroxyl groups is 5. The predicted molar refractivity (Wildman–Crippen MR) is 315 cm³/mol. The molecule has 2 aromatic rings. The smallest absolute Gasteiger partial charge is 0.306 e. The van der Waals surface area contributed by atoms with Crippen molar-refractivity contribution < 1.29 is 107 Å². The minimum atomic E-state index is -1.91. The van der Waals surface area contributed by atoms with E-state index in [1.54, 1.807) is 39.8 Å². The summed E-state index contributed by atoms with van der Waals surface area (Å²) in [6, 6.07) is 3.22. The van der Waals surface area contributed by atoms with Gasteiger partial charge in [0.2, 0.25) is 6.29 Å². The van der Waals surface area contributed by atoms with Gasteiger partial charge in [-0.25, -0.2) is 0 Å². The molecular formula is C65H100O22. The normalized spacial score (nSPS) is 38.6. The number of ether oxygens (including phenoxy) is 12. The van der Waals surface area contributed by atoms with Crippen molar-refractivity contribution in [2.45, 2.75) is 302 Å². The summed E-state index contributed by atoms with van der Waals surface area (Å²) in [6.07, 6.45) is -11.8. The zero-order valence-corrected chi connectivity index (χ0v) is 53.2. The average molecular weight is 1230 g/mol. The van der Waals surface area contributed by atoms with Crippen molar-refractivity contribution in [3.63, 3.8) is 0 Å². The van der Waals surface area contributed by atoms with Crippen LogP contribution in [0.2, 0.25) is 0 Å². The van der Waals surface area contributed by atoms with E-state index in [-0.39, 0.29) is 120 Å². The van der Waals surface area contributed by atoms with Gasteiger partial charge in [-0.05, 0) is 91.3 Å². The largest absolute Gasteiger partial charge is 0.507 e. The minimum absolute atomic E-state index is 0.00519. The molecule has 492 valence electrons. The molecule has 5 aliphatic heterocycles. The molecule has 6 unspecified atom stereocenters. The molecule has 0 saturated carbocycles. The summed E-state index contributed by atoms with van der Waals surface area (Å²) in [6.45, 7) is 21.6. The fourth-order valence-electron chi connectivity index (χ4n) is 13.3. The van der Waals surface area contributed by atoms with Crippen LogP contribution in [0.5, 0.6) is 17.2 Å². The Morgan fingerprint density at radius 3 is 1.85 bits per heavy atom. The van der Waals surface area contributed by atoms with Gasteiger partial charge in [-0.15, -0.1) is 0 Å². The fraction of sp³-hybridized carbons (Fsp3) is 0.800. The molecule has 22 nitrogen and oxygen atoms in total. The maximum Gasteiger partial charge on any atom is 0.306 e. The van der Waals surface area contributed by atoms with Crippen molar-refractivity contribution in [3.8, 4) is 17.2 Å². The second kappa shape index (κ2) is 29.7. The monoisotopic (exact) mass is 1230 g/mol. The summed E-state index contributed by atoms with van der Waals surface area (Å²) in [5, 5.41) is 80.9. The summed E-state index contributed by atoms with van der Waals surface area (Å²) < 4.78 is 74.7. The second-order valence-corrected chi connectivity index (χ2v) is 26.1. The molecule has 6 aliphatic rings. The molecule has 0 bridgehead atoms. The maximum atomic E-state index is 15.4. The highest BCUT2D eigenvalue weighted by atomic mass is 16.7. The van der Waals surface area contributed by atoms with Gasteiger partial charge >= 0.3 is 5.97 Å². The summed E-state index contributed by atoms with van der Waals surface area (Å²) in [4.78, 5) is 43.1. The molecular weight excluding hydrogens is 1130 g/mol. The number of rotatable bonds is 24. The van der Waals surface area contributed by atoms with Gasteiger partial charge in [0.15, 0.2) is 42.8 Å². The molecule has 5 heterocycles. The van der Waals surface area contributed by atoms with Crippen LogP contribution in [0.1, 0.15) is 181 Å². The number of ketones is 2. The summed E-state index contributed by atoms with van der Waals surface area (Å²) in [5.41, 5.74) is -0.829. The molecule has 0 radical (unpaired) electrons. The Labute approximate surface area is 512 Å². The van der Waals surface area contributed by atoms with Gasteiger partial charge in [-0.3, -0.25) is 14.4 Å². The van der Waals surface area contributed by atoms with Crippen molar-refractivity contribution in [2.75, 3.05) is 7.11 Å². The van der Waals surface area contributed by atoms with Crippen LogP contribution in [0.3, 0.4) is 0 Å². The molecule has 1 aliphatic carbocycles. The SMILES string of the molecule is CCCCCCCCCC(=O)O[C@H](C)[C@H](O)C(=O)[C@@H](OC)[C@@H]1Cc2cc3cc(O[C@H]4C[C@@H](OC5C[C@@H](O)[C@@H](C)C(C)O5)[C@@H](C)C(C)O4)c(C)c(O)c3c(O)c2C(=O)[C@H]1O[C@H]1C[C@@H](O[C@H]2C[C@@H](O[C@H]3C[C@@](C)(O)[C@@H](C)C(C)O3)[C@H](O)C(C)O2)[C@H](O)C(C)O1. The Morgan fingerprint density at radius 1 is 0.690 bits per heavy atom. The molecule has 0 amide bonds. The number of hydrogen-bond acceptors (Lipinski definition) is 22. The zero-order chi connectivity index (χ0) is 63.5. The second-order valence-electron chi connectivity index (χ2n) is 26.1. The van der Waals surface area contributed by atoms with Gasteiger partial charge in [0, 0.05) is 74.9 Å². The Kier molecular flexibility index (Phi) is 23.6. The average Bonchev–Trinajstić information content (AvgIpc) is 0.945. The lowest BCUT2D eigenvalue weighted by Crippen LogP contribution is -2.57. The number of aliphatic hydroxyl groups excluding tert-OH is 4. The third kappa shape index (κ3) is 16.0. The first-order chi connectivity index (χ1) is 41.1. The van der Waals surface area contributed by atoms with Crippen LogP contribution in [0.15, 0.2) is 12.1 Å². The minimum Gasteiger partial charge on any atom is -0.507 e. The lowest BCUT2D eigenvalue weighted by Gasteiger charge is -2.46. The van der Waals surface area contributed by atoms with Gasteiger partial charge in [-0.2, -0.15) is 0 Å². The Hall–Kier alpha value is -3.69. The lowest BCUT2D eigenvalue weighted by molar-refractivity contribution is -0.331. The zero-order valence-electron chi connectivity index (χ0n) is 53.2. The van der Waals surface area contributed by atoms with Crippen molar-refractivity contribution >= 4 is 28.3 Å². The highest BCUT2D eigenvalue weighted by Crippen LogP contribution is 2.48. The number of unbranched alkanes of at least 4 members (excludes halogenated alkanes) is 6. The van der Waals surface area contributed by atoms with E-state index in [2.05, 4.69) is 6.92 Å². The van der Waals surface area contributed by atoms with E-state index in [9.17, 15) is 45.3 Å². The van der Waals surface area contributed by atoms with E-state index in [0.29, 0.717) is 12.8 Å². The predicted octanol–water partition coefficient (Wildman–Crippen LogP) is 7.27. The quantitative estimate of drug-likeness (QED) is 0.0401. The number of benzene rings is 2. The standard InChI is InChI=1S/C65H100O22/c1-14-15-16-17-18-19-20-21-48(67)77-39(11)59(71)62(74)63(76-13)42-23-40-22-41-24-44(83-50-26-45(31(3)35(7)79-50)84-49-25-43(66)30(2)34(6)78-49)32(4)56(68)54(41)60(72)55(40)61(73)64(42)87-52-28-46(57(69)38(10)82-52)85-51-27-47(58(70)37(9)81-51)86-53-29-65(12,75)33(5)36(8)80-53/h22,24,30-31,33-39,42-43,45-47,49-53,57-59,63-64,66,68-72,75H,14-21,23,25-29H2,1-13H3/t30-,31-,33-,34?,35?,36?,37?,38?,39+,42-,43+,45+,46+,47+,49?,50-,51-,52-,53-,57+,58+,59-,63-,64-,65+/m0/s1. The molecule has 2 aromatic carbocycles. The number of aromatic hydroxyl groups is 2. The van der Waals surface area contributed by atoms with Crippen molar-refractivity contribution in [1.82, 2.24) is 0 Å². The van der Waals surface area contributed by atoms with Crippen LogP contribution in [0.4, 0.5) is 0 Å². The number of hydrogen-bond donors (Lipinski definition) is 7. The number of esters is 1. The number of methoxy groups -OCH3 is 1. The molecule has 0 spiro atoms. The van der Waals surface area contributed by atoms with E-state index in [4.69, 9.17) is 56.8 Å². The van der Waals surface area contributed by atoms with E-state index >= 15 is 4.79 Å². The third-order valence-corrected chi connectivity index (χ3v) is 19.7. The van der Waals surface area contributed by atoms with Gasteiger partial charge in [0.1, 0.15) is 47.8 Å². The van der Waals surface area contributed by atoms with Crippen LogP contribution in [0, 0.1) is 30.6 Å². The van der Waals surface area contributed by atoms with Crippen LogP contribution in [-0.2, 0) is 68.1 Å². The number of Topliss-reactive ketones (excluding diaryl/α,β-unsaturated/α-hetero) is 2. The van der Waals surface area contributed by atoms with Crippen LogP contribution < -0.4 is 4.74 Å². The van der Waals surface area contributed by atoms with E-state index in [1.807, 2.05) is 41.5 Å². The van der Waals surface area contributed by atoms with E-state index in [0.717, 1.165) is 38.5 Å². The van der Waals surface area contributed by atoms with Gasteiger partial charge in [-0.1, -0.05) is 66.2 Å². The molecule has 25 atom stereocenters. The van der Waals surface area contributed by atoms with Crippen molar-refractivity contribution in [1.29, 1.82) is 0 Å². The number of carbonyl (C=O) groups excluding carboxylic acids is 3. The Morgan fingerprint density at radius 2 is 1.23 bits per heavy atom. The first-order valence-corrected chi connectivity index (χ1v) is 31.9.